The van der Waals surface area contributed by atoms with Crippen LogP contribution in [0.5, 0.6) is 0 Å². The normalized spacial score (nSPS) is 13.1. The number of hydrogen-bond donors (Lipinski definition) is 1. The van der Waals surface area contributed by atoms with E-state index in [1.807, 2.05) is 24.1 Å². The van der Waals surface area contributed by atoms with Gasteiger partial charge in [0, 0.05) is 11.8 Å². The van der Waals surface area contributed by atoms with Crippen LogP contribution in [0.3, 0.4) is 0 Å². The molecule has 1 aromatic rings. The van der Waals surface area contributed by atoms with Crippen molar-refractivity contribution in [3.63, 3.8) is 0 Å². The smallest absolute Gasteiger partial charge is 0.0897 e. The molecule has 0 aliphatic rings. The molecule has 1 unspecified atom stereocenters. The summed E-state index contributed by atoms with van der Waals surface area (Å²) >= 11 is 3.48. The third-order valence-electron chi connectivity index (χ3n) is 2.00. The number of thioether (sulfide) groups is 1. The van der Waals surface area contributed by atoms with E-state index in [-0.39, 0.29) is 6.10 Å². The fraction of sp³-hybridized carbons (Fsp3) is 0.700. The Morgan fingerprint density at radius 2 is 2.43 bits per heavy atom. The Hall–Kier alpha value is -0.0600. The number of aliphatic hydroxyl groups is 1. The number of aromatic nitrogens is 1. The molecule has 0 aromatic carbocycles. The van der Waals surface area contributed by atoms with E-state index in [9.17, 15) is 5.11 Å². The zero-order valence-electron chi connectivity index (χ0n) is 8.69. The highest BCUT2D eigenvalue weighted by Crippen LogP contribution is 2.12. The molecular weight excluding hydrogens is 214 g/mol. The van der Waals surface area contributed by atoms with Crippen molar-refractivity contribution in [3.8, 4) is 0 Å². The second-order valence-electron chi connectivity index (χ2n) is 3.35. The minimum atomic E-state index is -0.219. The highest BCUT2D eigenvalue weighted by atomic mass is 32.2. The van der Waals surface area contributed by atoms with Crippen LogP contribution in [-0.4, -0.2) is 28.2 Å². The molecule has 0 saturated carbocycles. The summed E-state index contributed by atoms with van der Waals surface area (Å²) in [6.07, 6.45) is 4.56. The Bertz CT molecular complexity index is 262. The molecule has 1 heterocycles. The van der Waals surface area contributed by atoms with Crippen molar-refractivity contribution in [1.82, 2.24) is 4.98 Å². The van der Waals surface area contributed by atoms with Crippen LogP contribution in [0.2, 0.25) is 0 Å². The molecular formula is C10H17NOS2. The molecule has 0 radical (unpaired) electrons. The Balaban J connectivity index is 2.23. The molecule has 14 heavy (non-hydrogen) atoms. The lowest BCUT2D eigenvalue weighted by atomic mass is 10.1. The molecule has 0 aliphatic heterocycles. The molecule has 4 heteroatoms. The quantitative estimate of drug-likeness (QED) is 0.764. The number of aryl methyl sites for hydroxylation is 1. The van der Waals surface area contributed by atoms with Gasteiger partial charge in [0.25, 0.3) is 0 Å². The predicted octanol–water partition coefficient (Wildman–Crippen LogP) is 2.50. The van der Waals surface area contributed by atoms with Gasteiger partial charge >= 0.3 is 0 Å². The van der Waals surface area contributed by atoms with Crippen molar-refractivity contribution in [3.05, 3.63) is 16.1 Å². The Morgan fingerprint density at radius 1 is 1.64 bits per heavy atom. The van der Waals surface area contributed by atoms with Gasteiger partial charge in [-0.05, 0) is 31.8 Å². The predicted molar refractivity (Wildman–Crippen MR) is 64.2 cm³/mol. The maximum atomic E-state index is 9.69. The lowest BCUT2D eigenvalue weighted by molar-refractivity contribution is 0.163. The summed E-state index contributed by atoms with van der Waals surface area (Å²) in [7, 11) is 0. The van der Waals surface area contributed by atoms with Crippen LogP contribution < -0.4 is 0 Å². The van der Waals surface area contributed by atoms with Crippen LogP contribution in [0.1, 0.15) is 23.5 Å². The van der Waals surface area contributed by atoms with Gasteiger partial charge in [-0.1, -0.05) is 0 Å². The Labute approximate surface area is 93.8 Å². The fourth-order valence-electron chi connectivity index (χ4n) is 1.31. The van der Waals surface area contributed by atoms with Gasteiger partial charge in [0.05, 0.1) is 16.8 Å². The molecule has 0 bridgehead atoms. The summed E-state index contributed by atoms with van der Waals surface area (Å²) in [5.74, 6) is 1.13. The number of hydrogen-bond acceptors (Lipinski definition) is 4. The summed E-state index contributed by atoms with van der Waals surface area (Å²) in [6, 6.07) is 0. The van der Waals surface area contributed by atoms with Gasteiger partial charge in [-0.3, -0.25) is 0 Å². The van der Waals surface area contributed by atoms with Gasteiger partial charge in [-0.2, -0.15) is 11.8 Å². The zero-order chi connectivity index (χ0) is 10.4. The first-order valence-electron chi connectivity index (χ1n) is 4.80. The van der Waals surface area contributed by atoms with E-state index < -0.39 is 0 Å². The molecule has 0 amide bonds. The van der Waals surface area contributed by atoms with Crippen molar-refractivity contribution in [2.75, 3.05) is 12.0 Å². The van der Waals surface area contributed by atoms with Crippen molar-refractivity contribution in [2.45, 2.75) is 32.3 Å². The summed E-state index contributed by atoms with van der Waals surface area (Å²) in [5.41, 5.74) is 1.03. The number of aliphatic hydroxyl groups excluding tert-OH is 1. The van der Waals surface area contributed by atoms with Gasteiger partial charge in [0.1, 0.15) is 0 Å². The molecule has 1 atom stereocenters. The SMILES string of the molecule is CSCCCC(O)Cc1csc(C)n1. The topological polar surface area (TPSA) is 33.1 Å². The van der Waals surface area contributed by atoms with E-state index in [2.05, 4.69) is 11.2 Å². The van der Waals surface area contributed by atoms with E-state index in [1.54, 1.807) is 11.3 Å². The van der Waals surface area contributed by atoms with E-state index >= 15 is 0 Å². The number of nitrogens with zero attached hydrogens (tertiary/aromatic N) is 1. The van der Waals surface area contributed by atoms with Crippen LogP contribution in [0.25, 0.3) is 0 Å². The first-order valence-corrected chi connectivity index (χ1v) is 7.07. The monoisotopic (exact) mass is 231 g/mol. The van der Waals surface area contributed by atoms with Gasteiger partial charge in [-0.15, -0.1) is 11.3 Å². The average molecular weight is 231 g/mol. The Kier molecular flexibility index (Phi) is 5.52. The van der Waals surface area contributed by atoms with Crippen molar-refractivity contribution in [2.24, 2.45) is 0 Å². The van der Waals surface area contributed by atoms with Crippen LogP contribution in [0.4, 0.5) is 0 Å². The average Bonchev–Trinajstić information content (AvgIpc) is 2.52. The highest BCUT2D eigenvalue weighted by Gasteiger charge is 2.07. The van der Waals surface area contributed by atoms with Gasteiger partial charge < -0.3 is 5.11 Å². The van der Waals surface area contributed by atoms with Crippen molar-refractivity contribution < 1.29 is 5.11 Å². The molecule has 2 nitrogen and oxygen atoms in total. The molecule has 1 N–H and O–H groups in total. The van der Waals surface area contributed by atoms with Crippen LogP contribution in [-0.2, 0) is 6.42 Å². The van der Waals surface area contributed by atoms with Crippen LogP contribution in [0.15, 0.2) is 5.38 Å². The third-order valence-corrected chi connectivity index (χ3v) is 3.52. The molecule has 0 spiro atoms. The number of thiazole rings is 1. The molecule has 1 rings (SSSR count). The first-order chi connectivity index (χ1) is 6.72. The second-order valence-corrected chi connectivity index (χ2v) is 5.40. The minimum absolute atomic E-state index is 0.219. The molecule has 0 saturated heterocycles. The summed E-state index contributed by atoms with van der Waals surface area (Å²) in [5, 5.41) is 12.8. The lowest BCUT2D eigenvalue weighted by Crippen LogP contribution is -2.10. The summed E-state index contributed by atoms with van der Waals surface area (Å²) < 4.78 is 0. The molecule has 0 aliphatic carbocycles. The molecule has 1 aromatic heterocycles. The van der Waals surface area contributed by atoms with Gasteiger partial charge in [0.15, 0.2) is 0 Å². The van der Waals surface area contributed by atoms with E-state index in [0.717, 1.165) is 29.3 Å². The largest absolute Gasteiger partial charge is 0.393 e. The minimum Gasteiger partial charge on any atom is -0.393 e. The van der Waals surface area contributed by atoms with Gasteiger partial charge in [0.2, 0.25) is 0 Å². The zero-order valence-corrected chi connectivity index (χ0v) is 10.3. The lowest BCUT2D eigenvalue weighted by Gasteiger charge is -2.07. The van der Waals surface area contributed by atoms with Crippen molar-refractivity contribution >= 4 is 23.1 Å². The third kappa shape index (κ3) is 4.44. The van der Waals surface area contributed by atoms with Crippen molar-refractivity contribution in [1.29, 1.82) is 0 Å². The van der Waals surface area contributed by atoms with Crippen LogP contribution >= 0.6 is 23.1 Å². The maximum absolute atomic E-state index is 9.69. The van der Waals surface area contributed by atoms with Crippen LogP contribution in [0, 0.1) is 6.92 Å². The number of rotatable bonds is 6. The first kappa shape index (κ1) is 12.0. The Morgan fingerprint density at radius 3 is 3.00 bits per heavy atom. The fourth-order valence-corrected chi connectivity index (χ4v) is 2.39. The maximum Gasteiger partial charge on any atom is 0.0897 e. The highest BCUT2D eigenvalue weighted by molar-refractivity contribution is 7.98. The standard InChI is InChI=1S/C10H17NOS2/c1-8-11-9(7-14-8)6-10(12)4-3-5-13-2/h7,10,12H,3-6H2,1-2H3. The molecule has 0 fully saturated rings. The van der Waals surface area contributed by atoms with E-state index in [0.29, 0.717) is 6.42 Å². The van der Waals surface area contributed by atoms with E-state index in [4.69, 9.17) is 0 Å². The van der Waals surface area contributed by atoms with E-state index in [1.165, 1.54) is 0 Å². The van der Waals surface area contributed by atoms with Gasteiger partial charge in [-0.25, -0.2) is 4.98 Å². The summed E-state index contributed by atoms with van der Waals surface area (Å²) in [4.78, 5) is 4.33. The second kappa shape index (κ2) is 6.43. The summed E-state index contributed by atoms with van der Waals surface area (Å²) in [6.45, 7) is 1.99. The molecule has 80 valence electrons.